The van der Waals surface area contributed by atoms with Gasteiger partial charge in [-0.2, -0.15) is 13.1 Å². The zero-order valence-corrected chi connectivity index (χ0v) is 12.0. The van der Waals surface area contributed by atoms with Crippen LogP contribution in [0.25, 0.3) is 0 Å². The summed E-state index contributed by atoms with van der Waals surface area (Å²) in [6.07, 6.45) is 1.64. The van der Waals surface area contributed by atoms with Gasteiger partial charge in [-0.3, -0.25) is 4.31 Å². The lowest BCUT2D eigenvalue weighted by Gasteiger charge is -2.38. The molecule has 2 aliphatic rings. The van der Waals surface area contributed by atoms with Crippen molar-refractivity contribution in [1.29, 1.82) is 0 Å². The number of fused-ring (bicyclic) bond motifs is 1. The minimum Gasteiger partial charge on any atom is -0.317 e. The first-order chi connectivity index (χ1) is 9.08. The van der Waals surface area contributed by atoms with Crippen LogP contribution in [0, 0.1) is 0 Å². The van der Waals surface area contributed by atoms with Gasteiger partial charge in [0.2, 0.25) is 0 Å². The number of halogens is 1. The van der Waals surface area contributed by atoms with E-state index >= 15 is 0 Å². The van der Waals surface area contributed by atoms with Crippen molar-refractivity contribution < 1.29 is 8.42 Å². The van der Waals surface area contributed by atoms with Crippen molar-refractivity contribution in [3.63, 3.8) is 0 Å². The number of nitrogens with zero attached hydrogens (tertiary/aromatic N) is 1. The maximum atomic E-state index is 12.3. The molecule has 0 radical (unpaired) electrons. The zero-order valence-electron chi connectivity index (χ0n) is 10.4. The third-order valence-electron chi connectivity index (χ3n) is 3.62. The Morgan fingerprint density at radius 2 is 2.00 bits per heavy atom. The third-order valence-corrected chi connectivity index (χ3v) is 5.38. The Balaban J connectivity index is 2.04. The summed E-state index contributed by atoms with van der Waals surface area (Å²) >= 11 is 5.98. The molecule has 1 aromatic rings. The maximum absolute atomic E-state index is 12.3. The maximum Gasteiger partial charge on any atom is 0.302 e. The van der Waals surface area contributed by atoms with Gasteiger partial charge in [-0.1, -0.05) is 11.6 Å². The number of anilines is 1. The topological polar surface area (TPSA) is 61.4 Å². The van der Waals surface area contributed by atoms with Crippen molar-refractivity contribution in [2.24, 2.45) is 0 Å². The molecule has 0 bridgehead atoms. The fraction of sp³-hybridized carbons (Fsp3) is 0.500. The van der Waals surface area contributed by atoms with Gasteiger partial charge in [0.25, 0.3) is 0 Å². The predicted octanol–water partition coefficient (Wildman–Crippen LogP) is 1.25. The average Bonchev–Trinajstić information content (AvgIpc) is 2.39. The molecule has 1 fully saturated rings. The molecule has 7 heteroatoms. The van der Waals surface area contributed by atoms with Gasteiger partial charge in [-0.05, 0) is 49.7 Å². The first kappa shape index (κ1) is 13.2. The predicted molar refractivity (Wildman–Crippen MR) is 75.6 cm³/mol. The van der Waals surface area contributed by atoms with Gasteiger partial charge in [0.15, 0.2) is 0 Å². The van der Waals surface area contributed by atoms with Gasteiger partial charge < -0.3 is 5.32 Å². The Bertz CT molecular complexity index is 585. The van der Waals surface area contributed by atoms with E-state index in [9.17, 15) is 8.42 Å². The van der Waals surface area contributed by atoms with Crippen LogP contribution in [0.3, 0.4) is 0 Å². The van der Waals surface area contributed by atoms with Crippen LogP contribution in [0.1, 0.15) is 18.4 Å². The Morgan fingerprint density at radius 3 is 2.74 bits per heavy atom. The monoisotopic (exact) mass is 301 g/mol. The van der Waals surface area contributed by atoms with E-state index in [0.29, 0.717) is 11.6 Å². The van der Waals surface area contributed by atoms with Crippen molar-refractivity contribution in [3.8, 4) is 0 Å². The first-order valence-corrected chi connectivity index (χ1v) is 8.18. The summed E-state index contributed by atoms with van der Waals surface area (Å²) in [5, 5.41) is 3.88. The minimum absolute atomic E-state index is 0.0129. The standard InChI is InChI=1S/C12H16ClN3O2S/c13-10-1-2-12-9(7-10)8-15-19(17,18)16(12)11-3-5-14-6-4-11/h1-2,7,11,14-15H,3-6,8H2. The molecule has 3 rings (SSSR count). The summed E-state index contributed by atoms with van der Waals surface area (Å²) in [5.74, 6) is 0. The third kappa shape index (κ3) is 2.45. The van der Waals surface area contributed by atoms with Crippen LogP contribution in [-0.2, 0) is 16.8 Å². The molecule has 0 atom stereocenters. The van der Waals surface area contributed by atoms with Gasteiger partial charge in [-0.25, -0.2) is 0 Å². The van der Waals surface area contributed by atoms with Crippen molar-refractivity contribution in [2.75, 3.05) is 17.4 Å². The summed E-state index contributed by atoms with van der Waals surface area (Å²) < 4.78 is 28.7. The number of benzene rings is 1. The normalized spacial score (nSPS) is 23.1. The van der Waals surface area contributed by atoms with Gasteiger partial charge in [0.05, 0.1) is 5.69 Å². The molecular formula is C12H16ClN3O2S. The van der Waals surface area contributed by atoms with Crippen LogP contribution in [0.4, 0.5) is 5.69 Å². The summed E-state index contributed by atoms with van der Waals surface area (Å²) in [6.45, 7) is 2.00. The van der Waals surface area contributed by atoms with Crippen molar-refractivity contribution in [1.82, 2.24) is 10.0 Å². The molecule has 0 aromatic heterocycles. The van der Waals surface area contributed by atoms with E-state index in [2.05, 4.69) is 10.0 Å². The van der Waals surface area contributed by atoms with Gasteiger partial charge >= 0.3 is 10.2 Å². The SMILES string of the molecule is O=S1(=O)NCc2cc(Cl)ccc2N1C1CCNCC1. The van der Waals surface area contributed by atoms with Gasteiger partial charge in [0, 0.05) is 17.6 Å². The molecule has 2 heterocycles. The average molecular weight is 302 g/mol. The molecular weight excluding hydrogens is 286 g/mol. The van der Waals surface area contributed by atoms with Gasteiger partial charge in [-0.15, -0.1) is 0 Å². The van der Waals surface area contributed by atoms with E-state index in [4.69, 9.17) is 11.6 Å². The quantitative estimate of drug-likeness (QED) is 0.820. The molecule has 2 N–H and O–H groups in total. The molecule has 0 spiro atoms. The van der Waals surface area contributed by atoms with E-state index in [1.807, 2.05) is 6.07 Å². The molecule has 104 valence electrons. The second kappa shape index (κ2) is 4.94. The van der Waals surface area contributed by atoms with E-state index in [1.165, 1.54) is 4.31 Å². The van der Waals surface area contributed by atoms with E-state index in [-0.39, 0.29) is 6.04 Å². The Labute approximate surface area is 118 Å². The summed E-state index contributed by atoms with van der Waals surface area (Å²) in [5.41, 5.74) is 1.69. The molecule has 0 amide bonds. The lowest BCUT2D eigenvalue weighted by molar-refractivity contribution is 0.448. The largest absolute Gasteiger partial charge is 0.317 e. The van der Waals surface area contributed by atoms with E-state index in [1.54, 1.807) is 12.1 Å². The van der Waals surface area contributed by atoms with Crippen LogP contribution < -0.4 is 14.3 Å². The summed E-state index contributed by atoms with van der Waals surface area (Å²) in [7, 11) is -3.44. The van der Waals surface area contributed by atoms with Crippen molar-refractivity contribution in [2.45, 2.75) is 25.4 Å². The lowest BCUT2D eigenvalue weighted by Crippen LogP contribution is -2.53. The Hall–Kier alpha value is -0.820. The Morgan fingerprint density at radius 1 is 1.26 bits per heavy atom. The second-order valence-electron chi connectivity index (χ2n) is 4.88. The van der Waals surface area contributed by atoms with Crippen LogP contribution in [-0.4, -0.2) is 27.5 Å². The minimum atomic E-state index is -3.44. The smallest absolute Gasteiger partial charge is 0.302 e. The number of hydrogen-bond acceptors (Lipinski definition) is 3. The number of rotatable bonds is 1. The number of nitrogens with one attached hydrogen (secondary N) is 2. The molecule has 5 nitrogen and oxygen atoms in total. The van der Waals surface area contributed by atoms with Gasteiger partial charge in [0.1, 0.15) is 0 Å². The fourth-order valence-electron chi connectivity index (χ4n) is 2.71. The molecule has 19 heavy (non-hydrogen) atoms. The Kier molecular flexibility index (Phi) is 3.42. The highest BCUT2D eigenvalue weighted by Crippen LogP contribution is 2.33. The number of piperidine rings is 1. The highest BCUT2D eigenvalue weighted by Gasteiger charge is 2.35. The zero-order chi connectivity index (χ0) is 13.5. The van der Waals surface area contributed by atoms with Crippen molar-refractivity contribution >= 4 is 27.5 Å². The first-order valence-electron chi connectivity index (χ1n) is 6.36. The molecule has 1 aromatic carbocycles. The fourth-order valence-corrected chi connectivity index (χ4v) is 4.42. The molecule has 1 saturated heterocycles. The van der Waals surface area contributed by atoms with Crippen LogP contribution in [0.2, 0.25) is 5.02 Å². The number of hydrogen-bond donors (Lipinski definition) is 2. The summed E-state index contributed by atoms with van der Waals surface area (Å²) in [6, 6.07) is 5.39. The van der Waals surface area contributed by atoms with E-state index in [0.717, 1.165) is 37.2 Å². The van der Waals surface area contributed by atoms with Crippen LogP contribution >= 0.6 is 11.6 Å². The summed E-state index contributed by atoms with van der Waals surface area (Å²) in [4.78, 5) is 0. The lowest BCUT2D eigenvalue weighted by atomic mass is 10.0. The highest BCUT2D eigenvalue weighted by atomic mass is 35.5. The van der Waals surface area contributed by atoms with Crippen molar-refractivity contribution in [3.05, 3.63) is 28.8 Å². The van der Waals surface area contributed by atoms with Crippen LogP contribution in [0.5, 0.6) is 0 Å². The van der Waals surface area contributed by atoms with Crippen LogP contribution in [0.15, 0.2) is 18.2 Å². The molecule has 0 unspecified atom stereocenters. The molecule has 0 saturated carbocycles. The molecule has 2 aliphatic heterocycles. The second-order valence-corrected chi connectivity index (χ2v) is 6.94. The van der Waals surface area contributed by atoms with E-state index < -0.39 is 10.2 Å². The highest BCUT2D eigenvalue weighted by molar-refractivity contribution is 7.91. The molecule has 0 aliphatic carbocycles.